The first-order chi connectivity index (χ1) is 12.4. The van der Waals surface area contributed by atoms with E-state index in [1.54, 1.807) is 0 Å². The van der Waals surface area contributed by atoms with Crippen molar-refractivity contribution in [2.45, 2.75) is 25.6 Å². The maximum atomic E-state index is 12.5. The van der Waals surface area contributed by atoms with Gasteiger partial charge in [0.2, 0.25) is 5.91 Å². The Labute approximate surface area is 149 Å². The Bertz CT molecular complexity index is 882. The molecule has 136 valence electrons. The normalized spacial score (nSPS) is 11.7. The summed E-state index contributed by atoms with van der Waals surface area (Å²) in [6.07, 6.45) is -1.52. The molecule has 0 radical (unpaired) electrons. The monoisotopic (exact) mass is 360 g/mol. The van der Waals surface area contributed by atoms with Crippen LogP contribution in [0.2, 0.25) is 0 Å². The number of amides is 1. The van der Waals surface area contributed by atoms with Crippen LogP contribution in [0, 0.1) is 0 Å². The predicted molar refractivity (Wildman–Crippen MR) is 94.7 cm³/mol. The predicted octanol–water partition coefficient (Wildman–Crippen LogP) is 4.41. The fraction of sp³-hybridized carbons (Fsp3) is 0.250. The van der Waals surface area contributed by atoms with Crippen LogP contribution < -0.4 is 5.32 Å². The molecule has 26 heavy (non-hydrogen) atoms. The lowest BCUT2D eigenvalue weighted by molar-refractivity contribution is -0.137. The van der Waals surface area contributed by atoms with Crippen LogP contribution in [0.3, 0.4) is 0 Å². The van der Waals surface area contributed by atoms with Crippen molar-refractivity contribution in [3.63, 3.8) is 0 Å². The molecular weight excluding hydrogens is 341 g/mol. The first-order valence-corrected chi connectivity index (χ1v) is 8.40. The summed E-state index contributed by atoms with van der Waals surface area (Å²) in [6.45, 7) is 0.982. The van der Waals surface area contributed by atoms with E-state index in [1.165, 1.54) is 12.1 Å². The van der Waals surface area contributed by atoms with Crippen molar-refractivity contribution in [1.82, 2.24) is 9.88 Å². The molecule has 0 bridgehead atoms. The van der Waals surface area contributed by atoms with Gasteiger partial charge in [-0.25, -0.2) is 0 Å². The number of carbonyl (C=O) groups excluding carboxylic acids is 1. The van der Waals surface area contributed by atoms with Crippen LogP contribution in [0.25, 0.3) is 10.9 Å². The maximum absolute atomic E-state index is 12.5. The van der Waals surface area contributed by atoms with Crippen LogP contribution in [0.15, 0.2) is 60.8 Å². The molecule has 0 saturated heterocycles. The van der Waals surface area contributed by atoms with Gasteiger partial charge in [0.05, 0.1) is 5.56 Å². The van der Waals surface area contributed by atoms with Gasteiger partial charge in [-0.2, -0.15) is 13.2 Å². The smallest absolute Gasteiger partial charge is 0.356 e. The number of para-hydroxylation sites is 1. The van der Waals surface area contributed by atoms with Gasteiger partial charge in [0, 0.05) is 31.2 Å². The van der Waals surface area contributed by atoms with E-state index in [1.807, 2.05) is 41.1 Å². The van der Waals surface area contributed by atoms with Gasteiger partial charge < -0.3 is 9.88 Å². The maximum Gasteiger partial charge on any atom is 0.416 e. The molecule has 1 N–H and O–H groups in total. The Balaban J connectivity index is 1.44. The van der Waals surface area contributed by atoms with Gasteiger partial charge in [-0.05, 0) is 41.6 Å². The number of aromatic nitrogens is 1. The number of alkyl halides is 3. The molecule has 0 spiro atoms. The van der Waals surface area contributed by atoms with Crippen molar-refractivity contribution in [2.24, 2.45) is 0 Å². The van der Waals surface area contributed by atoms with Crippen molar-refractivity contribution in [3.8, 4) is 0 Å². The zero-order valence-corrected chi connectivity index (χ0v) is 14.1. The second-order valence-corrected chi connectivity index (χ2v) is 6.11. The third-order valence-electron chi connectivity index (χ3n) is 4.28. The zero-order chi connectivity index (χ0) is 18.6. The first kappa shape index (κ1) is 18.0. The van der Waals surface area contributed by atoms with E-state index < -0.39 is 11.7 Å². The number of nitrogens with zero attached hydrogens (tertiary/aromatic N) is 1. The molecule has 3 aromatic rings. The van der Waals surface area contributed by atoms with Crippen LogP contribution in [-0.2, 0) is 23.9 Å². The van der Waals surface area contributed by atoms with Crippen LogP contribution in [0.5, 0.6) is 0 Å². The second kappa shape index (κ2) is 7.64. The molecule has 0 unspecified atom stereocenters. The largest absolute Gasteiger partial charge is 0.416 e. The number of benzene rings is 2. The second-order valence-electron chi connectivity index (χ2n) is 6.11. The van der Waals surface area contributed by atoms with Crippen molar-refractivity contribution in [3.05, 3.63) is 71.9 Å². The molecule has 0 aliphatic rings. The summed E-state index contributed by atoms with van der Waals surface area (Å²) in [7, 11) is 0. The molecular formula is C20H19F3N2O. The molecule has 0 fully saturated rings. The summed E-state index contributed by atoms with van der Waals surface area (Å²) in [5.41, 5.74) is 1.18. The summed E-state index contributed by atoms with van der Waals surface area (Å²) < 4.78 is 39.6. The number of halogens is 3. The Kier molecular flexibility index (Phi) is 5.30. The lowest BCUT2D eigenvalue weighted by atomic mass is 10.1. The number of fused-ring (bicyclic) bond motifs is 1. The average Bonchev–Trinajstić information content (AvgIpc) is 3.03. The molecule has 2 aromatic carbocycles. The number of nitrogens with one attached hydrogen (secondary N) is 1. The van der Waals surface area contributed by atoms with Gasteiger partial charge in [0.1, 0.15) is 0 Å². The van der Waals surface area contributed by atoms with Crippen molar-refractivity contribution in [2.75, 3.05) is 6.54 Å². The highest BCUT2D eigenvalue weighted by molar-refractivity contribution is 5.80. The third kappa shape index (κ3) is 4.45. The Hall–Kier alpha value is -2.76. The molecule has 1 aromatic heterocycles. The number of hydrogen-bond donors (Lipinski definition) is 1. The van der Waals surface area contributed by atoms with Crippen LogP contribution >= 0.6 is 0 Å². The standard InChI is InChI=1S/C20H19F3N2O/c21-20(22,23)17-7-5-15(6-8-17)9-12-24-19(26)11-14-25-13-10-16-3-1-2-4-18(16)25/h1-8,10,13H,9,11-12,14H2,(H,24,26). The topological polar surface area (TPSA) is 34.0 Å². The molecule has 6 heteroatoms. The van der Waals surface area contributed by atoms with E-state index in [2.05, 4.69) is 5.32 Å². The highest BCUT2D eigenvalue weighted by Gasteiger charge is 2.29. The molecule has 1 amide bonds. The quantitative estimate of drug-likeness (QED) is 0.694. The lowest BCUT2D eigenvalue weighted by Gasteiger charge is -2.09. The molecule has 0 aliphatic carbocycles. The number of aryl methyl sites for hydroxylation is 1. The van der Waals surface area contributed by atoms with Crippen LogP contribution in [-0.4, -0.2) is 17.0 Å². The Morgan fingerprint density at radius 2 is 1.73 bits per heavy atom. The molecule has 1 heterocycles. The minimum Gasteiger partial charge on any atom is -0.356 e. The summed E-state index contributed by atoms with van der Waals surface area (Å²) in [5.74, 6) is -0.0744. The highest BCUT2D eigenvalue weighted by Crippen LogP contribution is 2.29. The summed E-state index contributed by atoms with van der Waals surface area (Å²) in [5, 5.41) is 3.95. The first-order valence-electron chi connectivity index (χ1n) is 8.40. The van der Waals surface area contributed by atoms with Gasteiger partial charge in [0.15, 0.2) is 0 Å². The van der Waals surface area contributed by atoms with Gasteiger partial charge in [-0.1, -0.05) is 30.3 Å². The average molecular weight is 360 g/mol. The van der Waals surface area contributed by atoms with E-state index in [9.17, 15) is 18.0 Å². The van der Waals surface area contributed by atoms with Gasteiger partial charge in [-0.15, -0.1) is 0 Å². The van der Waals surface area contributed by atoms with E-state index in [-0.39, 0.29) is 5.91 Å². The van der Waals surface area contributed by atoms with Gasteiger partial charge in [0.25, 0.3) is 0 Å². The van der Waals surface area contributed by atoms with E-state index >= 15 is 0 Å². The molecule has 0 atom stereocenters. The van der Waals surface area contributed by atoms with Crippen molar-refractivity contribution >= 4 is 16.8 Å². The molecule has 0 saturated carbocycles. The third-order valence-corrected chi connectivity index (χ3v) is 4.28. The van der Waals surface area contributed by atoms with Crippen molar-refractivity contribution in [1.29, 1.82) is 0 Å². The lowest BCUT2D eigenvalue weighted by Crippen LogP contribution is -2.26. The summed E-state index contributed by atoms with van der Waals surface area (Å²) in [4.78, 5) is 12.0. The molecule has 3 nitrogen and oxygen atoms in total. The zero-order valence-electron chi connectivity index (χ0n) is 14.1. The van der Waals surface area contributed by atoms with Gasteiger partial charge in [-0.3, -0.25) is 4.79 Å². The van der Waals surface area contributed by atoms with E-state index in [0.717, 1.165) is 28.6 Å². The van der Waals surface area contributed by atoms with E-state index in [4.69, 9.17) is 0 Å². The minimum absolute atomic E-state index is 0.0744. The van der Waals surface area contributed by atoms with Crippen LogP contribution in [0.1, 0.15) is 17.5 Å². The summed E-state index contributed by atoms with van der Waals surface area (Å²) >= 11 is 0. The molecule has 3 rings (SSSR count). The number of rotatable bonds is 6. The fourth-order valence-electron chi connectivity index (χ4n) is 2.85. The fourth-order valence-corrected chi connectivity index (χ4v) is 2.85. The summed E-state index contributed by atoms with van der Waals surface area (Å²) in [6, 6.07) is 15.0. The Morgan fingerprint density at radius 3 is 2.46 bits per heavy atom. The van der Waals surface area contributed by atoms with Gasteiger partial charge >= 0.3 is 6.18 Å². The SMILES string of the molecule is O=C(CCn1ccc2ccccc21)NCCc1ccc(C(F)(F)F)cc1. The van der Waals surface area contributed by atoms with E-state index in [0.29, 0.717) is 25.9 Å². The molecule has 0 aliphatic heterocycles. The van der Waals surface area contributed by atoms with Crippen molar-refractivity contribution < 1.29 is 18.0 Å². The highest BCUT2D eigenvalue weighted by atomic mass is 19.4. The minimum atomic E-state index is -4.32. The number of carbonyl (C=O) groups is 1. The Morgan fingerprint density at radius 1 is 1.00 bits per heavy atom. The van der Waals surface area contributed by atoms with Crippen LogP contribution in [0.4, 0.5) is 13.2 Å². The number of hydrogen-bond acceptors (Lipinski definition) is 1.